The lowest BCUT2D eigenvalue weighted by atomic mass is 10.2. The molecule has 0 unspecified atom stereocenters. The Hall–Kier alpha value is -1.48. The maximum atomic E-state index is 5.49. The molecule has 0 aliphatic rings. The smallest absolute Gasteiger partial charge is 0.244 e. The highest BCUT2D eigenvalue weighted by atomic mass is 79.9. The average Bonchev–Trinajstić information content (AvgIpc) is 3.35. The minimum atomic E-state index is 0. The van der Waals surface area contributed by atoms with Gasteiger partial charge in [-0.05, 0) is 38.4 Å². The van der Waals surface area contributed by atoms with Gasteiger partial charge in [-0.15, -0.1) is 0 Å². The molecule has 0 amide bonds. The van der Waals surface area contributed by atoms with Crippen molar-refractivity contribution in [2.45, 2.75) is 45.9 Å². The van der Waals surface area contributed by atoms with Gasteiger partial charge in [-0.25, -0.2) is 18.3 Å². The summed E-state index contributed by atoms with van der Waals surface area (Å²) in [6, 6.07) is 10.5. The second kappa shape index (κ2) is 16.3. The van der Waals surface area contributed by atoms with Crippen molar-refractivity contribution in [3.63, 3.8) is 0 Å². The standard InChI is InChI=1S/C13H18N3.C8H16N3.2BrH/c14-7-4-8-15-9-10-16(12-15)11-13-5-2-1-3-6-13;1-2-10-6-7-11(8-10)5-3-4-9;;/h1-3,5-6,9-10,12H,4,7-8,11,14H2;6-8H,2-5,9H2,1H3;2*1H/q2*+1;;/p-2. The van der Waals surface area contributed by atoms with E-state index in [1.165, 1.54) is 5.56 Å². The van der Waals surface area contributed by atoms with Crippen LogP contribution in [-0.4, -0.2) is 22.2 Å². The van der Waals surface area contributed by atoms with Crippen molar-refractivity contribution >= 4 is 0 Å². The molecule has 29 heavy (non-hydrogen) atoms. The molecule has 0 aliphatic heterocycles. The fraction of sp³-hybridized carbons (Fsp3) is 0.429. The Labute approximate surface area is 195 Å². The highest BCUT2D eigenvalue weighted by Gasteiger charge is 2.03. The predicted molar refractivity (Wildman–Crippen MR) is 108 cm³/mol. The van der Waals surface area contributed by atoms with E-state index in [0.717, 1.165) is 52.1 Å². The second-order valence-corrected chi connectivity index (χ2v) is 6.58. The molecule has 0 saturated carbocycles. The minimum absolute atomic E-state index is 0. The lowest BCUT2D eigenvalue weighted by Gasteiger charge is -1.96. The van der Waals surface area contributed by atoms with Crippen molar-refractivity contribution in [1.29, 1.82) is 0 Å². The first-order valence-corrected chi connectivity index (χ1v) is 9.79. The Morgan fingerprint density at radius 2 is 1.45 bits per heavy atom. The zero-order chi connectivity index (χ0) is 19.3. The number of aryl methyl sites for hydroxylation is 3. The van der Waals surface area contributed by atoms with Gasteiger partial charge in [0.05, 0.1) is 19.6 Å². The summed E-state index contributed by atoms with van der Waals surface area (Å²) >= 11 is 0. The van der Waals surface area contributed by atoms with Gasteiger partial charge in [0.2, 0.25) is 12.7 Å². The van der Waals surface area contributed by atoms with Crippen molar-refractivity contribution in [2.24, 2.45) is 11.5 Å². The maximum Gasteiger partial charge on any atom is 0.244 e. The summed E-state index contributed by atoms with van der Waals surface area (Å²) < 4.78 is 8.68. The van der Waals surface area contributed by atoms with Crippen molar-refractivity contribution in [2.75, 3.05) is 13.1 Å². The Morgan fingerprint density at radius 3 is 2.07 bits per heavy atom. The Bertz CT molecular complexity index is 757. The SMILES string of the molecule is CCn1cc[n+](CCCN)c1.NCCCn1cc[n+](Cc2ccccc2)c1.[Br-].[Br-]. The van der Waals surface area contributed by atoms with Crippen LogP contribution in [0, 0.1) is 0 Å². The first-order valence-electron chi connectivity index (χ1n) is 9.79. The van der Waals surface area contributed by atoms with E-state index in [0.29, 0.717) is 0 Å². The van der Waals surface area contributed by atoms with Crippen LogP contribution < -0.4 is 54.6 Å². The number of hydrogen-bond donors (Lipinski definition) is 2. The van der Waals surface area contributed by atoms with Crippen LogP contribution in [0.25, 0.3) is 0 Å². The van der Waals surface area contributed by atoms with Crippen LogP contribution >= 0.6 is 0 Å². The van der Waals surface area contributed by atoms with Gasteiger partial charge in [0, 0.05) is 0 Å². The Kier molecular flexibility index (Phi) is 15.5. The third-order valence-electron chi connectivity index (χ3n) is 4.31. The van der Waals surface area contributed by atoms with E-state index in [2.05, 4.69) is 86.9 Å². The third-order valence-corrected chi connectivity index (χ3v) is 4.31. The molecule has 0 spiro atoms. The van der Waals surface area contributed by atoms with E-state index in [1.807, 2.05) is 6.07 Å². The lowest BCUT2D eigenvalue weighted by Crippen LogP contribution is -3.00. The zero-order valence-corrected chi connectivity index (χ0v) is 20.4. The highest BCUT2D eigenvalue weighted by Crippen LogP contribution is 1.97. The summed E-state index contributed by atoms with van der Waals surface area (Å²) in [5.41, 5.74) is 12.2. The van der Waals surface area contributed by atoms with Crippen LogP contribution in [0.2, 0.25) is 0 Å². The summed E-state index contributed by atoms with van der Waals surface area (Å²) in [6.07, 6.45) is 14.7. The first-order chi connectivity index (χ1) is 13.2. The van der Waals surface area contributed by atoms with Gasteiger partial charge in [0.1, 0.15) is 31.3 Å². The normalized spacial score (nSPS) is 9.76. The molecule has 2 aromatic heterocycles. The van der Waals surface area contributed by atoms with Crippen molar-refractivity contribution in [3.8, 4) is 0 Å². The molecule has 3 aromatic rings. The van der Waals surface area contributed by atoms with Crippen molar-refractivity contribution < 1.29 is 43.1 Å². The quantitative estimate of drug-likeness (QED) is 0.274. The summed E-state index contributed by atoms with van der Waals surface area (Å²) in [5.74, 6) is 0. The van der Waals surface area contributed by atoms with Gasteiger partial charge in [-0.2, -0.15) is 0 Å². The molecule has 0 radical (unpaired) electrons. The van der Waals surface area contributed by atoms with E-state index in [1.54, 1.807) is 0 Å². The highest BCUT2D eigenvalue weighted by molar-refractivity contribution is 5.13. The number of nitrogens with zero attached hydrogens (tertiary/aromatic N) is 4. The topological polar surface area (TPSA) is 69.7 Å². The fourth-order valence-corrected chi connectivity index (χ4v) is 2.76. The molecule has 0 atom stereocenters. The van der Waals surface area contributed by atoms with E-state index in [9.17, 15) is 0 Å². The number of aromatic nitrogens is 4. The van der Waals surface area contributed by atoms with Crippen molar-refractivity contribution in [3.05, 3.63) is 73.3 Å². The van der Waals surface area contributed by atoms with Gasteiger partial charge in [0.15, 0.2) is 0 Å². The average molecular weight is 530 g/mol. The second-order valence-electron chi connectivity index (χ2n) is 6.58. The van der Waals surface area contributed by atoms with E-state index < -0.39 is 0 Å². The number of imidazole rings is 2. The van der Waals surface area contributed by atoms with E-state index in [4.69, 9.17) is 11.5 Å². The molecule has 0 fully saturated rings. The lowest BCUT2D eigenvalue weighted by molar-refractivity contribution is -0.696. The van der Waals surface area contributed by atoms with Gasteiger partial charge in [-0.1, -0.05) is 30.3 Å². The number of hydrogen-bond acceptors (Lipinski definition) is 2. The molecule has 0 bridgehead atoms. The zero-order valence-electron chi connectivity index (χ0n) is 17.2. The number of halogens is 2. The fourth-order valence-electron chi connectivity index (χ4n) is 2.76. The van der Waals surface area contributed by atoms with E-state index >= 15 is 0 Å². The minimum Gasteiger partial charge on any atom is -1.00 e. The maximum absolute atomic E-state index is 5.49. The van der Waals surface area contributed by atoms with Crippen LogP contribution in [0.15, 0.2) is 67.8 Å². The van der Waals surface area contributed by atoms with Gasteiger partial charge >= 0.3 is 0 Å². The Morgan fingerprint density at radius 1 is 0.828 bits per heavy atom. The van der Waals surface area contributed by atoms with Crippen LogP contribution in [-0.2, 0) is 26.2 Å². The summed E-state index contributed by atoms with van der Waals surface area (Å²) in [4.78, 5) is 0. The van der Waals surface area contributed by atoms with Crippen molar-refractivity contribution in [1.82, 2.24) is 9.13 Å². The molecule has 8 heteroatoms. The van der Waals surface area contributed by atoms with Gasteiger partial charge in [-0.3, -0.25) is 0 Å². The first kappa shape index (κ1) is 27.5. The molecular formula is C21H34Br2N6. The number of rotatable bonds is 9. The molecule has 2 heterocycles. The summed E-state index contributed by atoms with van der Waals surface area (Å²) in [6.45, 7) is 7.64. The summed E-state index contributed by atoms with van der Waals surface area (Å²) in [5, 5.41) is 0. The molecule has 6 nitrogen and oxygen atoms in total. The van der Waals surface area contributed by atoms with E-state index in [-0.39, 0.29) is 34.0 Å². The molecule has 1 aromatic carbocycles. The Balaban J connectivity index is 0.000000537. The van der Waals surface area contributed by atoms with Crippen LogP contribution in [0.4, 0.5) is 0 Å². The molecular weight excluding hydrogens is 496 g/mol. The predicted octanol–water partition coefficient (Wildman–Crippen LogP) is -4.68. The molecule has 4 N–H and O–H groups in total. The third kappa shape index (κ3) is 10.7. The monoisotopic (exact) mass is 528 g/mol. The largest absolute Gasteiger partial charge is 1.00 e. The molecule has 0 aliphatic carbocycles. The number of nitrogens with two attached hydrogens (primary N) is 2. The van der Waals surface area contributed by atoms with Gasteiger partial charge < -0.3 is 45.4 Å². The molecule has 0 saturated heterocycles. The van der Waals surface area contributed by atoms with Crippen LogP contribution in [0.5, 0.6) is 0 Å². The van der Waals surface area contributed by atoms with Crippen LogP contribution in [0.3, 0.4) is 0 Å². The van der Waals surface area contributed by atoms with Crippen LogP contribution in [0.1, 0.15) is 25.3 Å². The summed E-state index contributed by atoms with van der Waals surface area (Å²) in [7, 11) is 0. The molecule has 162 valence electrons. The van der Waals surface area contributed by atoms with Gasteiger partial charge in [0.25, 0.3) is 0 Å². The molecule has 3 rings (SSSR count). The number of benzene rings is 1.